The van der Waals surface area contributed by atoms with Crippen molar-refractivity contribution in [1.82, 2.24) is 4.68 Å². The smallest absolute Gasteiger partial charge is 0.348 e. The minimum absolute atomic E-state index is 0. The van der Waals surface area contributed by atoms with Crippen molar-refractivity contribution in [1.29, 1.82) is 0 Å². The Labute approximate surface area is 93.5 Å². The van der Waals surface area contributed by atoms with E-state index in [-0.39, 0.29) is 24.0 Å². The molecule has 1 rings (SSSR count). The van der Waals surface area contributed by atoms with Gasteiger partial charge in [0.1, 0.15) is 0 Å². The van der Waals surface area contributed by atoms with Crippen LogP contribution in [-0.2, 0) is 18.8 Å². The van der Waals surface area contributed by atoms with Crippen molar-refractivity contribution in [3.05, 3.63) is 11.8 Å². The first-order valence-electron chi connectivity index (χ1n) is 3.47. The number of carbonyl (C=O) groups is 1. The van der Waals surface area contributed by atoms with Gasteiger partial charge in [0.15, 0.2) is 18.4 Å². The third kappa shape index (κ3) is 2.11. The van der Waals surface area contributed by atoms with Gasteiger partial charge in [-0.25, -0.2) is 4.79 Å². The van der Waals surface area contributed by atoms with Gasteiger partial charge in [0.2, 0.25) is 6.20 Å². The van der Waals surface area contributed by atoms with E-state index in [1.54, 1.807) is 29.7 Å². The highest BCUT2D eigenvalue weighted by atomic mass is 127. The van der Waals surface area contributed by atoms with Crippen molar-refractivity contribution in [3.8, 4) is 0 Å². The van der Waals surface area contributed by atoms with Gasteiger partial charge in [0.05, 0.1) is 14.2 Å². The number of nitrogens with two attached hydrogens (primary N) is 1. The SMILES string of the molecule is COC(=O)c1c[n+](C)n(C)c1N.[I-]. The van der Waals surface area contributed by atoms with Crippen molar-refractivity contribution >= 4 is 11.8 Å². The summed E-state index contributed by atoms with van der Waals surface area (Å²) in [6.07, 6.45) is 1.63. The van der Waals surface area contributed by atoms with Gasteiger partial charge >= 0.3 is 5.97 Å². The third-order valence-corrected chi connectivity index (χ3v) is 1.82. The first-order chi connectivity index (χ1) is 5.57. The molecule has 0 aromatic carbocycles. The Bertz CT molecular complexity index is 322. The van der Waals surface area contributed by atoms with Gasteiger partial charge in [-0.15, -0.1) is 9.36 Å². The minimum atomic E-state index is -0.413. The lowest BCUT2D eigenvalue weighted by atomic mass is 10.3. The van der Waals surface area contributed by atoms with E-state index in [2.05, 4.69) is 4.74 Å². The summed E-state index contributed by atoms with van der Waals surface area (Å²) in [5, 5.41) is 0. The Balaban J connectivity index is 0.00000144. The van der Waals surface area contributed by atoms with E-state index in [0.29, 0.717) is 11.4 Å². The second kappa shape index (κ2) is 4.45. The molecule has 0 aliphatic rings. The van der Waals surface area contributed by atoms with E-state index in [1.165, 1.54) is 7.11 Å². The molecule has 74 valence electrons. The quantitative estimate of drug-likeness (QED) is 0.329. The van der Waals surface area contributed by atoms with Gasteiger partial charge in [-0.1, -0.05) is 0 Å². The summed E-state index contributed by atoms with van der Waals surface area (Å²) in [7, 11) is 4.89. The first-order valence-corrected chi connectivity index (χ1v) is 3.47. The molecule has 0 atom stereocenters. The van der Waals surface area contributed by atoms with Crippen LogP contribution in [-0.4, -0.2) is 17.8 Å². The van der Waals surface area contributed by atoms with Gasteiger partial charge in [-0.2, -0.15) is 0 Å². The van der Waals surface area contributed by atoms with Crippen molar-refractivity contribution in [2.75, 3.05) is 12.8 Å². The zero-order chi connectivity index (χ0) is 9.30. The van der Waals surface area contributed by atoms with Gasteiger partial charge in [0, 0.05) is 0 Å². The molecule has 0 aliphatic heterocycles. The molecule has 1 heterocycles. The van der Waals surface area contributed by atoms with Gasteiger partial charge in [-0.05, 0) is 0 Å². The molecule has 0 bridgehead atoms. The molecule has 6 heteroatoms. The van der Waals surface area contributed by atoms with Gasteiger partial charge in [-0.3, -0.25) is 0 Å². The number of hydrogen-bond acceptors (Lipinski definition) is 3. The number of ether oxygens (including phenoxy) is 1. The van der Waals surface area contributed by atoms with E-state index in [9.17, 15) is 4.79 Å². The van der Waals surface area contributed by atoms with Crippen molar-refractivity contribution in [2.24, 2.45) is 14.1 Å². The molecule has 2 N–H and O–H groups in total. The van der Waals surface area contributed by atoms with Crippen LogP contribution in [0.5, 0.6) is 0 Å². The van der Waals surface area contributed by atoms with E-state index in [1.807, 2.05) is 0 Å². The summed E-state index contributed by atoms with van der Waals surface area (Å²) >= 11 is 0. The van der Waals surface area contributed by atoms with Gasteiger partial charge < -0.3 is 34.4 Å². The Hall–Kier alpha value is -0.790. The van der Waals surface area contributed by atoms with Crippen LogP contribution in [0.4, 0.5) is 5.82 Å². The topological polar surface area (TPSA) is 61.1 Å². The predicted molar refractivity (Wildman–Crippen MR) is 42.3 cm³/mol. The molecule has 0 aliphatic carbocycles. The Morgan fingerprint density at radius 3 is 2.54 bits per heavy atom. The number of methoxy groups -OCH3 is 1. The Morgan fingerprint density at radius 1 is 1.69 bits per heavy atom. The minimum Gasteiger partial charge on any atom is -1.00 e. The normalized spacial score (nSPS) is 9.15. The van der Waals surface area contributed by atoms with Crippen LogP contribution in [0.25, 0.3) is 0 Å². The monoisotopic (exact) mass is 297 g/mol. The number of nitrogen functional groups attached to an aromatic ring is 1. The Kier molecular flexibility index (Phi) is 4.18. The van der Waals surface area contributed by atoms with E-state index in [4.69, 9.17) is 5.73 Å². The zero-order valence-corrected chi connectivity index (χ0v) is 9.90. The summed E-state index contributed by atoms with van der Waals surface area (Å²) in [6, 6.07) is 0. The standard InChI is InChI=1S/C7H11N3O2.HI/c1-9-4-5(7(11)12-3)6(8)10(9)2;/h4,8H,1-3H3;1H. The third-order valence-electron chi connectivity index (χ3n) is 1.82. The molecule has 0 fully saturated rings. The molecular weight excluding hydrogens is 285 g/mol. The molecule has 0 spiro atoms. The van der Waals surface area contributed by atoms with Crippen molar-refractivity contribution in [2.45, 2.75) is 0 Å². The summed E-state index contributed by atoms with van der Waals surface area (Å²) < 4.78 is 7.91. The summed E-state index contributed by atoms with van der Waals surface area (Å²) in [4.78, 5) is 11.1. The number of nitrogens with zero attached hydrogens (tertiary/aromatic N) is 2. The number of carbonyl (C=O) groups excluding carboxylic acids is 1. The van der Waals surface area contributed by atoms with E-state index >= 15 is 0 Å². The van der Waals surface area contributed by atoms with Crippen molar-refractivity contribution < 1.29 is 38.2 Å². The number of aromatic nitrogens is 2. The van der Waals surface area contributed by atoms with Crippen LogP contribution in [0.1, 0.15) is 10.4 Å². The molecule has 0 saturated carbocycles. The lowest BCUT2D eigenvalue weighted by Crippen LogP contribution is -3.00. The van der Waals surface area contributed by atoms with E-state index < -0.39 is 5.97 Å². The van der Waals surface area contributed by atoms with Crippen LogP contribution < -0.4 is 34.4 Å². The molecule has 1 aromatic rings. The van der Waals surface area contributed by atoms with Gasteiger partial charge in [0.25, 0.3) is 0 Å². The number of hydrogen-bond donors (Lipinski definition) is 1. The van der Waals surface area contributed by atoms with Crippen molar-refractivity contribution in [3.63, 3.8) is 0 Å². The molecule has 0 saturated heterocycles. The van der Waals surface area contributed by atoms with Crippen LogP contribution in [0.3, 0.4) is 0 Å². The van der Waals surface area contributed by atoms with E-state index in [0.717, 1.165) is 0 Å². The molecule has 0 radical (unpaired) electrons. The van der Waals surface area contributed by atoms with Crippen LogP contribution in [0, 0.1) is 0 Å². The number of anilines is 1. The average Bonchev–Trinajstić information content (AvgIpc) is 2.32. The lowest BCUT2D eigenvalue weighted by molar-refractivity contribution is -0.750. The highest BCUT2D eigenvalue weighted by molar-refractivity contribution is 5.93. The maximum Gasteiger partial charge on any atom is 0.348 e. The summed E-state index contributed by atoms with van der Waals surface area (Å²) in [6.45, 7) is 0. The maximum absolute atomic E-state index is 11.1. The highest BCUT2D eigenvalue weighted by Gasteiger charge is 2.20. The fourth-order valence-corrected chi connectivity index (χ4v) is 0.951. The van der Waals surface area contributed by atoms with Crippen LogP contribution >= 0.6 is 0 Å². The second-order valence-electron chi connectivity index (χ2n) is 2.52. The predicted octanol–water partition coefficient (Wildman–Crippen LogP) is -3.78. The number of halogens is 1. The first kappa shape index (κ1) is 12.2. The molecule has 0 unspecified atom stereocenters. The molecule has 1 aromatic heterocycles. The largest absolute Gasteiger partial charge is 1.00 e. The molecule has 13 heavy (non-hydrogen) atoms. The number of rotatable bonds is 1. The average molecular weight is 297 g/mol. The number of esters is 1. The lowest BCUT2D eigenvalue weighted by Gasteiger charge is -1.94. The molecule has 0 amide bonds. The zero-order valence-electron chi connectivity index (χ0n) is 7.74. The summed E-state index contributed by atoms with van der Waals surface area (Å²) in [5.74, 6) is -0.00644. The highest BCUT2D eigenvalue weighted by Crippen LogP contribution is 2.08. The second-order valence-corrected chi connectivity index (χ2v) is 2.52. The maximum atomic E-state index is 11.1. The molecule has 5 nitrogen and oxygen atoms in total. The summed E-state index contributed by atoms with van der Waals surface area (Å²) in [5.41, 5.74) is 6.01. The fourth-order valence-electron chi connectivity index (χ4n) is 0.951. The molecular formula is C7H12IN3O2. The fraction of sp³-hybridized carbons (Fsp3) is 0.429. The Morgan fingerprint density at radius 2 is 2.23 bits per heavy atom. The van der Waals surface area contributed by atoms with Crippen LogP contribution in [0.15, 0.2) is 6.20 Å². The number of aryl methyl sites for hydroxylation is 1. The van der Waals surface area contributed by atoms with Crippen LogP contribution in [0.2, 0.25) is 0 Å².